The number of carbonyl (C=O) groups is 1. The van der Waals surface area contributed by atoms with Gasteiger partial charge in [0.05, 0.1) is 6.26 Å². The lowest BCUT2D eigenvalue weighted by molar-refractivity contribution is 0.100. The molecule has 0 aromatic heterocycles. The molecule has 5 nitrogen and oxygen atoms in total. The molecule has 0 amide bonds. The number of sulfonamides is 1. The maximum absolute atomic E-state index is 11.9. The molecule has 1 N–H and O–H groups in total. The molecule has 0 aliphatic carbocycles. The van der Waals surface area contributed by atoms with Gasteiger partial charge in [0, 0.05) is 30.4 Å². The van der Waals surface area contributed by atoms with Gasteiger partial charge in [0.2, 0.25) is 10.0 Å². The Morgan fingerprint density at radius 2 is 1.86 bits per heavy atom. The van der Waals surface area contributed by atoms with Gasteiger partial charge in [0.25, 0.3) is 0 Å². The van der Waals surface area contributed by atoms with Crippen LogP contribution in [0.2, 0.25) is 0 Å². The van der Waals surface area contributed by atoms with Crippen molar-refractivity contribution in [3.63, 3.8) is 0 Å². The lowest BCUT2D eigenvalue weighted by Crippen LogP contribution is -2.09. The standard InChI is InChI=1S/C16H24N2O3S/c1-3-4-5-6-12-17-13-11-16(19)14-7-9-15(10-8-14)18-22(2,20)21/h7-10,13,18H,3-6,11-12H2,1-2H3. The van der Waals surface area contributed by atoms with E-state index in [1.54, 1.807) is 30.5 Å². The zero-order chi connectivity index (χ0) is 16.4. The Bertz CT molecular complexity index is 592. The van der Waals surface area contributed by atoms with Crippen LogP contribution >= 0.6 is 0 Å². The highest BCUT2D eigenvalue weighted by Crippen LogP contribution is 2.12. The van der Waals surface area contributed by atoms with Crippen LogP contribution in [0, 0.1) is 0 Å². The fourth-order valence-electron chi connectivity index (χ4n) is 1.92. The molecule has 0 fully saturated rings. The molecule has 0 aliphatic heterocycles. The highest BCUT2D eigenvalue weighted by atomic mass is 32.2. The van der Waals surface area contributed by atoms with Crippen LogP contribution in [0.25, 0.3) is 0 Å². The predicted octanol–water partition coefficient (Wildman–Crippen LogP) is 3.28. The van der Waals surface area contributed by atoms with Gasteiger partial charge in [-0.25, -0.2) is 8.42 Å². The van der Waals surface area contributed by atoms with Gasteiger partial charge in [0.15, 0.2) is 5.78 Å². The normalized spacial score (nSPS) is 11.7. The number of aliphatic imine (C=N–C) groups is 1. The largest absolute Gasteiger partial charge is 0.297 e. The van der Waals surface area contributed by atoms with Crippen LogP contribution in [0.3, 0.4) is 0 Å². The summed E-state index contributed by atoms with van der Waals surface area (Å²) in [6.45, 7) is 2.93. The summed E-state index contributed by atoms with van der Waals surface area (Å²) in [7, 11) is -3.29. The number of rotatable bonds is 10. The first kappa shape index (κ1) is 18.4. The van der Waals surface area contributed by atoms with E-state index in [2.05, 4.69) is 16.6 Å². The number of nitrogens with zero attached hydrogens (tertiary/aromatic N) is 1. The summed E-state index contributed by atoms with van der Waals surface area (Å²) in [5.41, 5.74) is 1.00. The summed E-state index contributed by atoms with van der Waals surface area (Å²) >= 11 is 0. The highest BCUT2D eigenvalue weighted by Gasteiger charge is 2.06. The first-order valence-corrected chi connectivity index (χ1v) is 9.41. The number of benzene rings is 1. The molecule has 1 rings (SSSR count). The summed E-state index contributed by atoms with van der Waals surface area (Å²) in [4.78, 5) is 16.2. The number of ketones is 1. The van der Waals surface area contributed by atoms with E-state index in [4.69, 9.17) is 0 Å². The Kier molecular flexibility index (Phi) is 7.80. The summed E-state index contributed by atoms with van der Waals surface area (Å²) in [6, 6.07) is 6.39. The Morgan fingerprint density at radius 1 is 1.18 bits per heavy atom. The van der Waals surface area contributed by atoms with Crippen molar-refractivity contribution in [2.45, 2.75) is 39.0 Å². The van der Waals surface area contributed by atoms with Crippen LogP contribution in [-0.2, 0) is 10.0 Å². The van der Waals surface area contributed by atoms with E-state index in [-0.39, 0.29) is 12.2 Å². The number of carbonyl (C=O) groups excluding carboxylic acids is 1. The Labute approximate surface area is 132 Å². The molecule has 0 saturated heterocycles. The van der Waals surface area contributed by atoms with Crippen molar-refractivity contribution in [3.05, 3.63) is 29.8 Å². The van der Waals surface area contributed by atoms with E-state index < -0.39 is 10.0 Å². The molecule has 0 atom stereocenters. The maximum atomic E-state index is 11.9. The van der Waals surface area contributed by atoms with Crippen molar-refractivity contribution in [2.24, 2.45) is 4.99 Å². The minimum absolute atomic E-state index is 0.0248. The number of hydrogen-bond acceptors (Lipinski definition) is 4. The van der Waals surface area contributed by atoms with Gasteiger partial charge in [-0.05, 0) is 30.7 Å². The van der Waals surface area contributed by atoms with Crippen LogP contribution in [-0.4, -0.2) is 33.2 Å². The molecule has 0 unspecified atom stereocenters. The van der Waals surface area contributed by atoms with Crippen LogP contribution in [0.15, 0.2) is 29.3 Å². The number of hydrogen-bond donors (Lipinski definition) is 1. The van der Waals surface area contributed by atoms with Gasteiger partial charge in [-0.1, -0.05) is 26.2 Å². The van der Waals surface area contributed by atoms with Gasteiger partial charge < -0.3 is 0 Å². The monoisotopic (exact) mass is 324 g/mol. The molecule has 0 spiro atoms. The average molecular weight is 324 g/mol. The van der Waals surface area contributed by atoms with Crippen LogP contribution < -0.4 is 4.72 Å². The van der Waals surface area contributed by atoms with Crippen molar-refractivity contribution in [1.29, 1.82) is 0 Å². The van der Waals surface area contributed by atoms with Crippen LogP contribution in [0.4, 0.5) is 5.69 Å². The highest BCUT2D eigenvalue weighted by molar-refractivity contribution is 7.92. The molecule has 0 radical (unpaired) electrons. The van der Waals surface area contributed by atoms with Gasteiger partial charge >= 0.3 is 0 Å². The molecule has 1 aromatic carbocycles. The molecule has 6 heteroatoms. The molecule has 0 bridgehead atoms. The molecule has 0 saturated carbocycles. The first-order valence-electron chi connectivity index (χ1n) is 7.51. The second kappa shape index (κ2) is 9.35. The number of Topliss-reactive ketones (excluding diaryl/α,β-unsaturated/α-hetero) is 1. The third-order valence-corrected chi connectivity index (χ3v) is 3.66. The molecule has 0 aliphatic rings. The third kappa shape index (κ3) is 7.93. The Balaban J connectivity index is 2.41. The summed E-state index contributed by atoms with van der Waals surface area (Å²) in [5, 5.41) is 0. The Morgan fingerprint density at radius 3 is 2.45 bits per heavy atom. The molecule has 22 heavy (non-hydrogen) atoms. The summed E-state index contributed by atoms with van der Waals surface area (Å²) in [5.74, 6) is -0.0248. The molecule has 122 valence electrons. The van der Waals surface area contributed by atoms with E-state index in [0.717, 1.165) is 19.2 Å². The maximum Gasteiger partial charge on any atom is 0.229 e. The van der Waals surface area contributed by atoms with E-state index in [1.165, 1.54) is 19.3 Å². The van der Waals surface area contributed by atoms with Gasteiger partial charge in [-0.2, -0.15) is 0 Å². The quantitative estimate of drug-likeness (QED) is 0.408. The van der Waals surface area contributed by atoms with E-state index in [0.29, 0.717) is 11.3 Å². The minimum Gasteiger partial charge on any atom is -0.297 e. The SMILES string of the molecule is CCCCCCN=CCC(=O)c1ccc(NS(C)(=O)=O)cc1. The van der Waals surface area contributed by atoms with Crippen molar-refractivity contribution >= 4 is 27.7 Å². The first-order chi connectivity index (χ1) is 10.4. The Hall–Kier alpha value is -1.69. The smallest absolute Gasteiger partial charge is 0.229 e. The van der Waals surface area contributed by atoms with E-state index in [1.807, 2.05) is 0 Å². The van der Waals surface area contributed by atoms with Gasteiger partial charge in [0.1, 0.15) is 0 Å². The topological polar surface area (TPSA) is 75.6 Å². The fourth-order valence-corrected chi connectivity index (χ4v) is 2.49. The summed E-state index contributed by atoms with van der Waals surface area (Å²) in [6.07, 6.45) is 7.68. The second-order valence-electron chi connectivity index (χ2n) is 5.23. The molecular weight excluding hydrogens is 300 g/mol. The average Bonchev–Trinajstić information content (AvgIpc) is 2.45. The molecular formula is C16H24N2O3S. The fraction of sp³-hybridized carbons (Fsp3) is 0.500. The van der Waals surface area contributed by atoms with Gasteiger partial charge in [-0.15, -0.1) is 0 Å². The predicted molar refractivity (Wildman–Crippen MR) is 91.4 cm³/mol. The van der Waals surface area contributed by atoms with Crippen LogP contribution in [0.1, 0.15) is 49.4 Å². The number of nitrogens with one attached hydrogen (secondary N) is 1. The summed E-state index contributed by atoms with van der Waals surface area (Å²) < 4.78 is 24.5. The third-order valence-electron chi connectivity index (χ3n) is 3.06. The van der Waals surface area contributed by atoms with Crippen molar-refractivity contribution in [2.75, 3.05) is 17.5 Å². The van der Waals surface area contributed by atoms with E-state index >= 15 is 0 Å². The zero-order valence-electron chi connectivity index (χ0n) is 13.2. The zero-order valence-corrected chi connectivity index (χ0v) is 14.0. The van der Waals surface area contributed by atoms with Crippen molar-refractivity contribution in [1.82, 2.24) is 0 Å². The van der Waals surface area contributed by atoms with Crippen LogP contribution in [0.5, 0.6) is 0 Å². The number of anilines is 1. The molecule has 1 aromatic rings. The molecule has 0 heterocycles. The lowest BCUT2D eigenvalue weighted by Gasteiger charge is -2.04. The minimum atomic E-state index is -3.29. The second-order valence-corrected chi connectivity index (χ2v) is 6.98. The lowest BCUT2D eigenvalue weighted by atomic mass is 10.1. The van der Waals surface area contributed by atoms with E-state index in [9.17, 15) is 13.2 Å². The van der Waals surface area contributed by atoms with Crippen molar-refractivity contribution < 1.29 is 13.2 Å². The van der Waals surface area contributed by atoms with Crippen molar-refractivity contribution in [3.8, 4) is 0 Å². The number of unbranched alkanes of at least 4 members (excludes halogenated alkanes) is 3. The van der Waals surface area contributed by atoms with Gasteiger partial charge in [-0.3, -0.25) is 14.5 Å².